The fourth-order valence-corrected chi connectivity index (χ4v) is 11.7. The van der Waals surface area contributed by atoms with Crippen LogP contribution in [0, 0.1) is 47.4 Å². The van der Waals surface area contributed by atoms with Crippen molar-refractivity contribution >= 4 is 119 Å². The highest BCUT2D eigenvalue weighted by molar-refractivity contribution is 6.33. The maximum atomic E-state index is 12.5. The number of aliphatic carboxylic acids is 9. The SMILES string of the molecule is COc1ccc(C(=O)OCCCC(=O)O)cc1.COc1cccc(C(=O)OCCCC(=O)O)c1.COc1ccccc1C(=O)OCCCC(=O)O.Cc1cc(C)c(C(=O)OCCCC(=O)O)c(C)c1.Cc1ccc(C(=O)OCCCC(=O)O)cc1.Cc1cccc(C(=O)OCCCC(=O)O)c1.Cc1ccccc1C(=O)OCCCC(=O)O.O=C(O)CCCOC(=O)c1ccc(F)cc1.O=C(O)CCCOC(=O)c1ccccc1Cl. The number of carbonyl (C=O) groups excluding carboxylic acids is 9. The van der Waals surface area contributed by atoms with Crippen LogP contribution in [0.2, 0.25) is 5.02 Å². The average Bonchev–Trinajstić information content (AvgIpc) is 0.827. The maximum Gasteiger partial charge on any atom is 0.341 e. The van der Waals surface area contributed by atoms with Gasteiger partial charge in [-0.05, 0) is 237 Å². The number of hydrogen-bond acceptors (Lipinski definition) is 30. The topological polar surface area (TPSA) is 600 Å². The lowest BCUT2D eigenvalue weighted by atomic mass is 10.00. The van der Waals surface area contributed by atoms with Crippen LogP contribution < -0.4 is 14.2 Å². The molecule has 9 aromatic rings. The van der Waals surface area contributed by atoms with Crippen molar-refractivity contribution in [1.82, 2.24) is 0 Å². The van der Waals surface area contributed by atoms with Crippen molar-refractivity contribution in [3.05, 3.63) is 301 Å². The van der Waals surface area contributed by atoms with E-state index in [9.17, 15) is 90.7 Å². The predicted octanol–water partition coefficient (Wildman–Crippen LogP) is 18.0. The van der Waals surface area contributed by atoms with Crippen molar-refractivity contribution in [2.45, 2.75) is 157 Å². The Morgan fingerprint density at radius 3 is 0.852 bits per heavy atom. The number of methoxy groups -OCH3 is 3. The van der Waals surface area contributed by atoms with Crippen LogP contribution in [0.15, 0.2) is 206 Å². The quantitative estimate of drug-likeness (QED) is 0.00971. The van der Waals surface area contributed by atoms with Crippen LogP contribution in [-0.2, 0) is 85.8 Å². The van der Waals surface area contributed by atoms with Crippen molar-refractivity contribution in [2.75, 3.05) is 80.8 Å². The largest absolute Gasteiger partial charge is 0.497 e. The highest BCUT2D eigenvalue weighted by Gasteiger charge is 2.20. The van der Waals surface area contributed by atoms with E-state index >= 15 is 0 Å². The molecule has 0 atom stereocenters. The Morgan fingerprint density at radius 1 is 0.235 bits per heavy atom. The maximum absolute atomic E-state index is 12.5. The molecule has 0 aliphatic rings. The molecule has 0 unspecified atom stereocenters. The number of halogens is 2. The molecule has 0 saturated carbocycles. The lowest BCUT2D eigenvalue weighted by Crippen LogP contribution is -2.11. The highest BCUT2D eigenvalue weighted by Crippen LogP contribution is 2.23. The third-order valence-corrected chi connectivity index (χ3v) is 19.2. The first-order chi connectivity index (χ1) is 70.8. The summed E-state index contributed by atoms with van der Waals surface area (Å²) in [6.45, 7) is 12.3. The van der Waals surface area contributed by atoms with E-state index in [1.54, 1.807) is 147 Å². The van der Waals surface area contributed by atoms with Gasteiger partial charge in [0.1, 0.15) is 28.6 Å². The van der Waals surface area contributed by atoms with Gasteiger partial charge in [0.25, 0.3) is 0 Å². The van der Waals surface area contributed by atoms with Crippen molar-refractivity contribution in [3.63, 3.8) is 0 Å². The van der Waals surface area contributed by atoms with E-state index in [0.717, 1.165) is 45.5 Å². The highest BCUT2D eigenvalue weighted by atomic mass is 35.5. The minimum Gasteiger partial charge on any atom is -0.497 e. The summed E-state index contributed by atoms with van der Waals surface area (Å²) in [5.74, 6) is -11.0. The molecule has 804 valence electrons. The first-order valence-electron chi connectivity index (χ1n) is 46.0. The van der Waals surface area contributed by atoms with Gasteiger partial charge < -0.3 is 103 Å². The minimum absolute atomic E-state index is 0.00407. The Hall–Kier alpha value is -16.9. The van der Waals surface area contributed by atoms with Crippen molar-refractivity contribution in [3.8, 4) is 17.2 Å². The van der Waals surface area contributed by atoms with Crippen LogP contribution >= 0.6 is 11.6 Å². The Labute approximate surface area is 864 Å². The van der Waals surface area contributed by atoms with Crippen LogP contribution in [0.3, 0.4) is 0 Å². The second-order valence-electron chi connectivity index (χ2n) is 31.2. The number of aryl methyl sites for hydroxylation is 6. The molecule has 0 saturated heterocycles. The van der Waals surface area contributed by atoms with Gasteiger partial charge in [0, 0.05) is 57.8 Å². The molecule has 0 spiro atoms. The number of carboxylic acids is 9. The van der Waals surface area contributed by atoms with E-state index in [1.165, 1.54) is 26.4 Å². The third-order valence-electron chi connectivity index (χ3n) is 18.8. The smallest absolute Gasteiger partial charge is 0.341 e. The standard InChI is InChI=1S/C14H18O4.3C12H14O5.3C12H14O4.C11H11ClO4.C11H11FO4/c1-9-7-10(2)13(11(3)8-9)14(17)18-6-4-5-12(15)16;1-16-10-5-2-4-9(8-10)12(15)17-7-3-6-11(13)14;1-16-10-6-4-9(5-7-10)12(15)17-8-2-3-11(13)14;1-16-10-6-3-2-5-9(10)12(15)17-8-4-7-11(13)14;1-9-4-2-5-10(8-9)12(15)16-7-3-6-11(13)14;1-9-4-6-10(7-5-9)12(15)16-8-2-3-11(13)14;1-9-5-2-3-6-10(9)12(15)16-8-4-7-11(13)14;12-9-5-2-1-4-8(9)11(15)16-7-3-6-10(13)14;12-9-5-3-8(4-6-9)11(15)16-7-1-2-10(13)14/h7-8H,4-6H2,1-3H3,(H,15,16);2,4-5,8H,3,6-7H2,1H3,(H,13,14);4-7H,2-3,8H2,1H3,(H,13,14);2-3,5-6H,4,7-8H2,1H3,(H,13,14);2,4-5,8H,3,6-7H2,1H3,(H,13,14);4-7H,2-3,8H2,1H3,(H,13,14);2-3,5-6H,4,7-8H2,1H3,(H,13,14);1-2,4-5H,3,6-7H2,(H,13,14);3-6H,1-2,7H2,(H,13,14). The monoisotopic (exact) mass is 2100 g/mol. The van der Waals surface area contributed by atoms with Gasteiger partial charge in [0.2, 0.25) is 0 Å². The molecule has 0 amide bonds. The van der Waals surface area contributed by atoms with Crippen LogP contribution in [-0.4, -0.2) is 234 Å². The Kier molecular flexibility index (Phi) is 66.9. The number of hydrogen-bond donors (Lipinski definition) is 9. The molecule has 39 nitrogen and oxygen atoms in total. The van der Waals surface area contributed by atoms with Gasteiger partial charge >= 0.3 is 107 Å². The van der Waals surface area contributed by atoms with Gasteiger partial charge in [-0.25, -0.2) is 47.5 Å². The summed E-state index contributed by atoms with van der Waals surface area (Å²) >= 11 is 5.79. The fourth-order valence-electron chi connectivity index (χ4n) is 11.5. The number of esters is 9. The number of carbonyl (C=O) groups is 18. The van der Waals surface area contributed by atoms with Crippen LogP contribution in [0.4, 0.5) is 4.39 Å². The second kappa shape index (κ2) is 76.7. The summed E-state index contributed by atoms with van der Waals surface area (Å²) in [5, 5.41) is 75.9. The molecule has 0 fully saturated rings. The Balaban J connectivity index is 0.000000838. The molecule has 0 aromatic heterocycles. The zero-order chi connectivity index (χ0) is 112. The zero-order valence-electron chi connectivity index (χ0n) is 83.8. The Bertz CT molecular complexity index is 5580. The molecule has 0 aliphatic carbocycles. The van der Waals surface area contributed by atoms with Crippen LogP contribution in [0.25, 0.3) is 0 Å². The van der Waals surface area contributed by atoms with E-state index in [4.69, 9.17) is 114 Å². The van der Waals surface area contributed by atoms with Gasteiger partial charge in [0.05, 0.1) is 130 Å². The molecule has 9 N–H and O–H groups in total. The van der Waals surface area contributed by atoms with Gasteiger partial charge in [-0.15, -0.1) is 0 Å². The summed E-state index contributed by atoms with van der Waals surface area (Å²) in [6, 6.07) is 56.4. The third kappa shape index (κ3) is 62.4. The normalized spacial score (nSPS) is 9.82. The molecular formula is C108H124ClFO39. The van der Waals surface area contributed by atoms with Crippen molar-refractivity contribution in [2.24, 2.45) is 0 Å². The van der Waals surface area contributed by atoms with Gasteiger partial charge in [0.15, 0.2) is 0 Å². The second-order valence-corrected chi connectivity index (χ2v) is 31.6. The summed E-state index contributed by atoms with van der Waals surface area (Å²) in [6.07, 6.45) is 2.82. The van der Waals surface area contributed by atoms with Crippen molar-refractivity contribution in [1.29, 1.82) is 0 Å². The molecule has 9 rings (SSSR count). The van der Waals surface area contributed by atoms with E-state index in [0.29, 0.717) is 118 Å². The number of carboxylic acid groups (broad SMARTS) is 9. The average molecular weight is 2100 g/mol. The minimum atomic E-state index is -0.933. The first-order valence-corrected chi connectivity index (χ1v) is 46.4. The molecule has 0 bridgehead atoms. The number of para-hydroxylation sites is 1. The molecule has 0 aliphatic heterocycles. The zero-order valence-corrected chi connectivity index (χ0v) is 84.5. The van der Waals surface area contributed by atoms with Crippen LogP contribution in [0.5, 0.6) is 17.2 Å². The van der Waals surface area contributed by atoms with Crippen LogP contribution in [0.1, 0.15) is 242 Å². The molecule has 41 heteroatoms. The first kappa shape index (κ1) is 130. The molecular weight excluding hydrogens is 1980 g/mol. The summed E-state index contributed by atoms with van der Waals surface area (Å²) in [7, 11) is 4.52. The van der Waals surface area contributed by atoms with E-state index < -0.39 is 107 Å². The molecule has 9 aromatic carbocycles. The predicted molar refractivity (Wildman–Crippen MR) is 535 cm³/mol. The van der Waals surface area contributed by atoms with E-state index in [-0.39, 0.29) is 135 Å². The van der Waals surface area contributed by atoms with Gasteiger partial charge in [-0.3, -0.25) is 43.2 Å². The number of benzene rings is 9. The van der Waals surface area contributed by atoms with E-state index in [1.807, 2.05) is 84.0 Å². The summed E-state index contributed by atoms with van der Waals surface area (Å²) in [5.41, 5.74) is 9.55. The lowest BCUT2D eigenvalue weighted by molar-refractivity contribution is -0.138. The molecule has 0 heterocycles. The molecule has 0 radical (unpaired) electrons. The van der Waals surface area contributed by atoms with Gasteiger partial charge in [-0.2, -0.15) is 0 Å². The Morgan fingerprint density at radius 2 is 0.517 bits per heavy atom. The molecule has 149 heavy (non-hydrogen) atoms. The number of ether oxygens (including phenoxy) is 12. The van der Waals surface area contributed by atoms with E-state index in [2.05, 4.69) is 0 Å². The fraction of sp³-hybridized carbons (Fsp3) is 0.333. The number of rotatable bonds is 48. The summed E-state index contributed by atoms with van der Waals surface area (Å²) in [4.78, 5) is 196. The lowest BCUT2D eigenvalue weighted by Gasteiger charge is -2.10. The van der Waals surface area contributed by atoms with Gasteiger partial charge in [-0.1, -0.05) is 113 Å². The summed E-state index contributed by atoms with van der Waals surface area (Å²) < 4.78 is 71.8. The van der Waals surface area contributed by atoms with Crippen molar-refractivity contribution < 1.29 is 193 Å².